The molecule has 1 N–H and O–H groups in total. The number of carboxylic acid groups (broad SMARTS) is 1. The van der Waals surface area contributed by atoms with Gasteiger partial charge in [-0.1, -0.05) is 32.1 Å². The average molecular weight is 212 g/mol. The smallest absolute Gasteiger partial charge is 0.314 e. The Hall–Kier alpha value is -0.860. The number of carbonyl (C=O) groups is 2. The van der Waals surface area contributed by atoms with Crippen molar-refractivity contribution in [1.29, 1.82) is 0 Å². The van der Waals surface area contributed by atoms with Gasteiger partial charge in [0.05, 0.1) is 0 Å². The summed E-state index contributed by atoms with van der Waals surface area (Å²) in [5, 5.41) is 8.85. The number of ketones is 1. The van der Waals surface area contributed by atoms with Crippen LogP contribution in [-0.4, -0.2) is 16.9 Å². The molecule has 0 aromatic rings. The van der Waals surface area contributed by atoms with Crippen LogP contribution in [0.4, 0.5) is 0 Å². The number of aliphatic carboxylic acids is 1. The van der Waals surface area contributed by atoms with Crippen molar-refractivity contribution >= 4 is 11.8 Å². The second-order valence-corrected chi connectivity index (χ2v) is 4.58. The minimum atomic E-state index is -0.960. The summed E-state index contributed by atoms with van der Waals surface area (Å²) in [5.74, 6) is -1.29. The SMILES string of the molecule is CC(=O)C(CCC1CCCCC1)C(=O)O. The van der Waals surface area contributed by atoms with Crippen LogP contribution in [-0.2, 0) is 9.59 Å². The quantitative estimate of drug-likeness (QED) is 0.713. The molecule has 0 heterocycles. The topological polar surface area (TPSA) is 54.4 Å². The van der Waals surface area contributed by atoms with Gasteiger partial charge in [-0.3, -0.25) is 9.59 Å². The van der Waals surface area contributed by atoms with Crippen LogP contribution in [0.15, 0.2) is 0 Å². The maximum atomic E-state index is 11.1. The molecule has 3 nitrogen and oxygen atoms in total. The fraction of sp³-hybridized carbons (Fsp3) is 0.833. The number of carbonyl (C=O) groups excluding carboxylic acids is 1. The first-order valence-corrected chi connectivity index (χ1v) is 5.84. The van der Waals surface area contributed by atoms with Gasteiger partial charge >= 0.3 is 5.97 Å². The van der Waals surface area contributed by atoms with E-state index in [4.69, 9.17) is 5.11 Å². The minimum absolute atomic E-state index is 0.210. The fourth-order valence-corrected chi connectivity index (χ4v) is 2.38. The fourth-order valence-electron chi connectivity index (χ4n) is 2.38. The Kier molecular flexibility index (Phi) is 4.79. The highest BCUT2D eigenvalue weighted by Crippen LogP contribution is 2.28. The molecule has 0 aromatic carbocycles. The summed E-state index contributed by atoms with van der Waals surface area (Å²) in [4.78, 5) is 21.9. The van der Waals surface area contributed by atoms with Crippen molar-refractivity contribution in [1.82, 2.24) is 0 Å². The van der Waals surface area contributed by atoms with Crippen LogP contribution >= 0.6 is 0 Å². The van der Waals surface area contributed by atoms with Gasteiger partial charge in [0.1, 0.15) is 11.7 Å². The van der Waals surface area contributed by atoms with Gasteiger partial charge in [-0.05, 0) is 25.7 Å². The Morgan fingerprint density at radius 3 is 2.33 bits per heavy atom. The zero-order chi connectivity index (χ0) is 11.3. The molecule has 0 bridgehead atoms. The first-order valence-electron chi connectivity index (χ1n) is 5.84. The zero-order valence-electron chi connectivity index (χ0n) is 9.37. The maximum absolute atomic E-state index is 11.1. The van der Waals surface area contributed by atoms with Crippen LogP contribution in [0, 0.1) is 11.8 Å². The molecule has 1 atom stereocenters. The summed E-state index contributed by atoms with van der Waals surface area (Å²) in [5.41, 5.74) is 0. The van der Waals surface area contributed by atoms with Crippen molar-refractivity contribution in [3.63, 3.8) is 0 Å². The van der Waals surface area contributed by atoms with Crippen LogP contribution < -0.4 is 0 Å². The summed E-state index contributed by atoms with van der Waals surface area (Å²) in [6.07, 6.45) is 7.69. The molecule has 15 heavy (non-hydrogen) atoms. The Balaban J connectivity index is 2.32. The third-order valence-corrected chi connectivity index (χ3v) is 3.38. The molecule has 0 radical (unpaired) electrons. The number of hydrogen-bond donors (Lipinski definition) is 1. The molecule has 0 amide bonds. The molecule has 86 valence electrons. The van der Waals surface area contributed by atoms with Crippen LogP contribution in [0.2, 0.25) is 0 Å². The number of hydrogen-bond acceptors (Lipinski definition) is 2. The Labute approximate surface area is 90.9 Å². The first-order chi connectivity index (χ1) is 7.11. The normalized spacial score (nSPS) is 19.8. The summed E-state index contributed by atoms with van der Waals surface area (Å²) in [6.45, 7) is 1.37. The molecule has 0 aromatic heterocycles. The third-order valence-electron chi connectivity index (χ3n) is 3.38. The largest absolute Gasteiger partial charge is 0.481 e. The molecule has 0 saturated heterocycles. The monoisotopic (exact) mass is 212 g/mol. The van der Waals surface area contributed by atoms with E-state index in [9.17, 15) is 9.59 Å². The molecule has 1 aliphatic rings. The van der Waals surface area contributed by atoms with Crippen LogP contribution in [0.1, 0.15) is 51.9 Å². The van der Waals surface area contributed by atoms with Crippen LogP contribution in [0.5, 0.6) is 0 Å². The predicted molar refractivity (Wildman–Crippen MR) is 57.6 cm³/mol. The first kappa shape index (κ1) is 12.2. The van der Waals surface area contributed by atoms with Gasteiger partial charge in [0.2, 0.25) is 0 Å². The van der Waals surface area contributed by atoms with E-state index < -0.39 is 11.9 Å². The molecule has 3 heteroatoms. The summed E-state index contributed by atoms with van der Waals surface area (Å²) < 4.78 is 0. The van der Waals surface area contributed by atoms with E-state index in [2.05, 4.69) is 0 Å². The van der Waals surface area contributed by atoms with E-state index in [1.807, 2.05) is 0 Å². The highest BCUT2D eigenvalue weighted by Gasteiger charge is 2.24. The van der Waals surface area contributed by atoms with E-state index >= 15 is 0 Å². The second kappa shape index (κ2) is 5.89. The highest BCUT2D eigenvalue weighted by atomic mass is 16.4. The zero-order valence-corrected chi connectivity index (χ0v) is 9.37. The van der Waals surface area contributed by atoms with Gasteiger partial charge in [-0.25, -0.2) is 0 Å². The van der Waals surface area contributed by atoms with Crippen molar-refractivity contribution in [2.24, 2.45) is 11.8 Å². The Morgan fingerprint density at radius 1 is 1.27 bits per heavy atom. The number of Topliss-reactive ketones (excluding diaryl/α,β-unsaturated/α-hetero) is 1. The van der Waals surface area contributed by atoms with Gasteiger partial charge in [0.25, 0.3) is 0 Å². The van der Waals surface area contributed by atoms with Crippen molar-refractivity contribution in [2.75, 3.05) is 0 Å². The Bertz CT molecular complexity index is 215. The second-order valence-electron chi connectivity index (χ2n) is 4.58. The van der Waals surface area contributed by atoms with Crippen LogP contribution in [0.25, 0.3) is 0 Å². The van der Waals surface area contributed by atoms with E-state index in [0.29, 0.717) is 12.3 Å². The third kappa shape index (κ3) is 4.02. The molecule has 0 spiro atoms. The van der Waals surface area contributed by atoms with Gasteiger partial charge in [-0.15, -0.1) is 0 Å². The van der Waals surface area contributed by atoms with Crippen LogP contribution in [0.3, 0.4) is 0 Å². The Morgan fingerprint density at radius 2 is 1.87 bits per heavy atom. The molecule has 1 aliphatic carbocycles. The van der Waals surface area contributed by atoms with Crippen molar-refractivity contribution in [3.05, 3.63) is 0 Å². The predicted octanol–water partition coefficient (Wildman–Crippen LogP) is 2.64. The molecule has 1 fully saturated rings. The molecular formula is C12H20O3. The lowest BCUT2D eigenvalue weighted by molar-refractivity contribution is -0.146. The molecule has 1 unspecified atom stereocenters. The van der Waals surface area contributed by atoms with Gasteiger partial charge in [0.15, 0.2) is 0 Å². The van der Waals surface area contributed by atoms with E-state index in [1.54, 1.807) is 0 Å². The summed E-state index contributed by atoms with van der Waals surface area (Å²) in [6, 6.07) is 0. The van der Waals surface area contributed by atoms with E-state index in [-0.39, 0.29) is 5.78 Å². The minimum Gasteiger partial charge on any atom is -0.481 e. The average Bonchev–Trinajstić information content (AvgIpc) is 2.18. The lowest BCUT2D eigenvalue weighted by atomic mass is 9.83. The van der Waals surface area contributed by atoms with E-state index in [1.165, 1.54) is 39.0 Å². The molecule has 1 rings (SSSR count). The van der Waals surface area contributed by atoms with Gasteiger partial charge < -0.3 is 5.11 Å². The van der Waals surface area contributed by atoms with Gasteiger partial charge in [-0.2, -0.15) is 0 Å². The highest BCUT2D eigenvalue weighted by molar-refractivity contribution is 5.96. The maximum Gasteiger partial charge on any atom is 0.314 e. The number of rotatable bonds is 5. The van der Waals surface area contributed by atoms with Crippen molar-refractivity contribution < 1.29 is 14.7 Å². The lowest BCUT2D eigenvalue weighted by Crippen LogP contribution is -2.22. The summed E-state index contributed by atoms with van der Waals surface area (Å²) in [7, 11) is 0. The standard InChI is InChI=1S/C12H20O3/c1-9(13)11(12(14)15)8-7-10-5-3-2-4-6-10/h10-11H,2-8H2,1H3,(H,14,15). The number of carboxylic acids is 1. The molecule has 0 aliphatic heterocycles. The van der Waals surface area contributed by atoms with Crippen molar-refractivity contribution in [3.8, 4) is 0 Å². The molecular weight excluding hydrogens is 192 g/mol. The van der Waals surface area contributed by atoms with E-state index in [0.717, 1.165) is 6.42 Å². The lowest BCUT2D eigenvalue weighted by Gasteiger charge is -2.22. The van der Waals surface area contributed by atoms with Gasteiger partial charge in [0, 0.05) is 0 Å². The summed E-state index contributed by atoms with van der Waals surface area (Å²) >= 11 is 0. The molecule has 1 saturated carbocycles. The van der Waals surface area contributed by atoms with Crippen molar-refractivity contribution in [2.45, 2.75) is 51.9 Å².